The summed E-state index contributed by atoms with van der Waals surface area (Å²) >= 11 is 1.74. The van der Waals surface area contributed by atoms with E-state index < -0.39 is 0 Å². The molecular weight excluding hydrogens is 234 g/mol. The van der Waals surface area contributed by atoms with E-state index in [9.17, 15) is 0 Å². The van der Waals surface area contributed by atoms with Gasteiger partial charge in [0, 0.05) is 18.3 Å². The van der Waals surface area contributed by atoms with Crippen molar-refractivity contribution in [1.29, 1.82) is 0 Å². The van der Waals surface area contributed by atoms with Gasteiger partial charge in [-0.2, -0.15) is 16.4 Å². The third kappa shape index (κ3) is 3.96. The van der Waals surface area contributed by atoms with Crippen LogP contribution in [0.5, 0.6) is 0 Å². The molecule has 0 saturated carbocycles. The van der Waals surface area contributed by atoms with Gasteiger partial charge in [-0.25, -0.2) is 0 Å². The lowest BCUT2D eigenvalue weighted by atomic mass is 10.2. The first-order valence-corrected chi connectivity index (χ1v) is 6.67. The highest BCUT2D eigenvalue weighted by Crippen LogP contribution is 2.05. The zero-order valence-electron chi connectivity index (χ0n) is 9.67. The second-order valence-corrected chi connectivity index (χ2v) is 4.67. The van der Waals surface area contributed by atoms with Crippen molar-refractivity contribution in [2.75, 3.05) is 13.2 Å². The van der Waals surface area contributed by atoms with Crippen LogP contribution >= 0.6 is 11.3 Å². The fraction of sp³-hybridized carbons (Fsp3) is 0.417. The van der Waals surface area contributed by atoms with Crippen LogP contribution < -0.4 is 5.32 Å². The molecule has 0 saturated heterocycles. The molecule has 4 nitrogen and oxygen atoms in total. The first-order chi connectivity index (χ1) is 8.38. The van der Waals surface area contributed by atoms with Gasteiger partial charge in [0.25, 0.3) is 0 Å². The molecule has 2 rings (SSSR count). The van der Waals surface area contributed by atoms with E-state index in [0.717, 1.165) is 25.1 Å². The van der Waals surface area contributed by atoms with E-state index in [-0.39, 0.29) is 6.61 Å². The molecule has 2 heterocycles. The van der Waals surface area contributed by atoms with Crippen molar-refractivity contribution in [3.8, 4) is 0 Å². The molecule has 0 fully saturated rings. The van der Waals surface area contributed by atoms with Crippen LogP contribution in [0.3, 0.4) is 0 Å². The fourth-order valence-corrected chi connectivity index (χ4v) is 2.33. The molecule has 0 spiro atoms. The van der Waals surface area contributed by atoms with E-state index in [0.29, 0.717) is 6.54 Å². The average Bonchev–Trinajstić information content (AvgIpc) is 2.96. The summed E-state index contributed by atoms with van der Waals surface area (Å²) in [4.78, 5) is 0. The highest BCUT2D eigenvalue weighted by atomic mass is 32.1. The summed E-state index contributed by atoms with van der Waals surface area (Å²) in [6.07, 6.45) is 4.87. The number of thiophene rings is 1. The minimum absolute atomic E-state index is 0.132. The van der Waals surface area contributed by atoms with Gasteiger partial charge >= 0.3 is 0 Å². The summed E-state index contributed by atoms with van der Waals surface area (Å²) in [5, 5.41) is 20.6. The van der Waals surface area contributed by atoms with Crippen molar-refractivity contribution in [3.63, 3.8) is 0 Å². The number of rotatable bonds is 7. The number of aliphatic hydroxyl groups excluding tert-OH is 1. The quantitative estimate of drug-likeness (QED) is 0.729. The summed E-state index contributed by atoms with van der Waals surface area (Å²) in [6, 6.07) is 2.16. The van der Waals surface area contributed by atoms with Crippen molar-refractivity contribution < 1.29 is 5.11 Å². The molecular formula is C12H17N3OS. The van der Waals surface area contributed by atoms with Gasteiger partial charge in [0.15, 0.2) is 0 Å². The highest BCUT2D eigenvalue weighted by molar-refractivity contribution is 7.07. The highest BCUT2D eigenvalue weighted by Gasteiger charge is 1.98. The molecule has 0 aliphatic carbocycles. The maximum atomic E-state index is 8.77. The third-order valence-electron chi connectivity index (χ3n) is 2.52. The standard InChI is InChI=1S/C12H17N3OS/c16-5-4-15-9-12(8-14-15)7-13-3-1-11-2-6-17-10-11/h2,6,8-10,13,16H,1,3-5,7H2. The van der Waals surface area contributed by atoms with Crippen LogP contribution in [0.25, 0.3) is 0 Å². The van der Waals surface area contributed by atoms with Crippen LogP contribution in [0.4, 0.5) is 0 Å². The molecule has 2 aromatic heterocycles. The van der Waals surface area contributed by atoms with E-state index in [2.05, 4.69) is 27.2 Å². The SMILES string of the molecule is OCCn1cc(CNCCc2ccsc2)cn1. The van der Waals surface area contributed by atoms with Crippen LogP contribution in [-0.4, -0.2) is 28.0 Å². The van der Waals surface area contributed by atoms with E-state index in [1.165, 1.54) is 5.56 Å². The Bertz CT molecular complexity index is 425. The molecule has 0 radical (unpaired) electrons. The molecule has 2 N–H and O–H groups in total. The van der Waals surface area contributed by atoms with Crippen molar-refractivity contribution >= 4 is 11.3 Å². The van der Waals surface area contributed by atoms with Crippen molar-refractivity contribution in [2.45, 2.75) is 19.5 Å². The van der Waals surface area contributed by atoms with E-state index >= 15 is 0 Å². The average molecular weight is 251 g/mol. The number of nitrogens with zero attached hydrogens (tertiary/aromatic N) is 2. The predicted molar refractivity (Wildman–Crippen MR) is 69.0 cm³/mol. The summed E-state index contributed by atoms with van der Waals surface area (Å²) in [5.41, 5.74) is 2.54. The lowest BCUT2D eigenvalue weighted by molar-refractivity contribution is 0.269. The second-order valence-electron chi connectivity index (χ2n) is 3.89. The number of hydrogen-bond acceptors (Lipinski definition) is 4. The molecule has 0 aliphatic rings. The lowest BCUT2D eigenvalue weighted by Gasteiger charge is -2.01. The third-order valence-corrected chi connectivity index (χ3v) is 3.25. The van der Waals surface area contributed by atoms with Gasteiger partial charge in [-0.15, -0.1) is 0 Å². The van der Waals surface area contributed by atoms with Gasteiger partial charge < -0.3 is 10.4 Å². The molecule has 5 heteroatoms. The zero-order valence-corrected chi connectivity index (χ0v) is 10.5. The molecule has 0 amide bonds. The van der Waals surface area contributed by atoms with Crippen molar-refractivity contribution in [1.82, 2.24) is 15.1 Å². The van der Waals surface area contributed by atoms with Gasteiger partial charge in [-0.05, 0) is 35.4 Å². The Labute approximate surface area is 105 Å². The lowest BCUT2D eigenvalue weighted by Crippen LogP contribution is -2.16. The first-order valence-electron chi connectivity index (χ1n) is 5.72. The van der Waals surface area contributed by atoms with Gasteiger partial charge in [0.05, 0.1) is 19.3 Å². The van der Waals surface area contributed by atoms with Crippen LogP contribution in [0.1, 0.15) is 11.1 Å². The summed E-state index contributed by atoms with van der Waals surface area (Å²) in [7, 11) is 0. The monoisotopic (exact) mass is 251 g/mol. The number of hydrogen-bond donors (Lipinski definition) is 2. The normalized spacial score (nSPS) is 10.9. The van der Waals surface area contributed by atoms with Crippen molar-refractivity contribution in [2.24, 2.45) is 0 Å². The maximum absolute atomic E-state index is 8.77. The van der Waals surface area contributed by atoms with Crippen LogP contribution in [0, 0.1) is 0 Å². The summed E-state index contributed by atoms with van der Waals surface area (Å²) in [6.45, 7) is 2.50. The Kier molecular flexibility index (Phi) is 4.73. The molecule has 2 aromatic rings. The van der Waals surface area contributed by atoms with Crippen molar-refractivity contribution in [3.05, 3.63) is 40.3 Å². The second kappa shape index (κ2) is 6.54. The van der Waals surface area contributed by atoms with E-state index in [1.54, 1.807) is 16.0 Å². The number of nitrogens with one attached hydrogen (secondary N) is 1. The van der Waals surface area contributed by atoms with Gasteiger partial charge in [0.1, 0.15) is 0 Å². The van der Waals surface area contributed by atoms with Crippen LogP contribution in [-0.2, 0) is 19.5 Å². The van der Waals surface area contributed by atoms with E-state index in [4.69, 9.17) is 5.11 Å². The molecule has 92 valence electrons. The summed E-state index contributed by atoms with van der Waals surface area (Å²) < 4.78 is 1.76. The minimum atomic E-state index is 0.132. The Morgan fingerprint density at radius 3 is 3.12 bits per heavy atom. The maximum Gasteiger partial charge on any atom is 0.0640 e. The topological polar surface area (TPSA) is 50.1 Å². The largest absolute Gasteiger partial charge is 0.394 e. The number of aromatic nitrogens is 2. The first kappa shape index (κ1) is 12.3. The Morgan fingerprint density at radius 2 is 2.35 bits per heavy atom. The molecule has 0 unspecified atom stereocenters. The van der Waals surface area contributed by atoms with Crippen LogP contribution in [0.2, 0.25) is 0 Å². The predicted octanol–water partition coefficient (Wildman–Crippen LogP) is 1.27. The van der Waals surface area contributed by atoms with E-state index in [1.807, 2.05) is 12.4 Å². The summed E-state index contributed by atoms with van der Waals surface area (Å²) in [5.74, 6) is 0. The van der Waals surface area contributed by atoms with Gasteiger partial charge in [-0.1, -0.05) is 0 Å². The minimum Gasteiger partial charge on any atom is -0.394 e. The fourth-order valence-electron chi connectivity index (χ4n) is 1.62. The number of aliphatic hydroxyl groups is 1. The smallest absolute Gasteiger partial charge is 0.0640 e. The van der Waals surface area contributed by atoms with Crippen LogP contribution in [0.15, 0.2) is 29.2 Å². The Hall–Kier alpha value is -1.17. The Morgan fingerprint density at radius 1 is 1.41 bits per heavy atom. The zero-order chi connectivity index (χ0) is 11.9. The van der Waals surface area contributed by atoms with Gasteiger partial charge in [-0.3, -0.25) is 4.68 Å². The molecule has 17 heavy (non-hydrogen) atoms. The molecule has 0 atom stereocenters. The molecule has 0 aliphatic heterocycles. The van der Waals surface area contributed by atoms with Gasteiger partial charge in [0.2, 0.25) is 0 Å². The molecule has 0 aromatic carbocycles. The Balaban J connectivity index is 1.67. The molecule has 0 bridgehead atoms.